The van der Waals surface area contributed by atoms with Crippen molar-refractivity contribution in [2.24, 2.45) is 0 Å². The predicted molar refractivity (Wildman–Crippen MR) is 153 cm³/mol. The first-order valence-corrected chi connectivity index (χ1v) is 14.3. The van der Waals surface area contributed by atoms with Crippen LogP contribution in [-0.2, 0) is 25.7 Å². The second-order valence-corrected chi connectivity index (χ2v) is 10.7. The van der Waals surface area contributed by atoms with Crippen LogP contribution in [0.5, 0.6) is 0 Å². The average molecular weight is 593 g/mol. The Kier molecular flexibility index (Phi) is 8.71. The number of esters is 1. The summed E-state index contributed by atoms with van der Waals surface area (Å²) < 4.78 is 11.6. The lowest BCUT2D eigenvalue weighted by atomic mass is 10.1. The molecule has 2 fully saturated rings. The molecule has 3 aromatic rings. The maximum Gasteiger partial charge on any atom is 0.517 e. The summed E-state index contributed by atoms with van der Waals surface area (Å²) in [5, 5.41) is 12.4. The van der Waals surface area contributed by atoms with Gasteiger partial charge >= 0.3 is 18.2 Å². The van der Waals surface area contributed by atoms with Crippen LogP contribution in [-0.4, -0.2) is 92.3 Å². The number of hydrogen-bond donors (Lipinski definition) is 2. The van der Waals surface area contributed by atoms with Crippen LogP contribution in [0.1, 0.15) is 43.0 Å². The molecule has 13 nitrogen and oxygen atoms in total. The Hall–Kier alpha value is -4.78. The van der Waals surface area contributed by atoms with Crippen molar-refractivity contribution in [3.63, 3.8) is 0 Å². The highest BCUT2D eigenvalue weighted by Gasteiger charge is 2.55. The first-order valence-electron chi connectivity index (χ1n) is 14.3. The lowest BCUT2D eigenvalue weighted by molar-refractivity contribution is -0.853. The fraction of sp³-hybridized carbons (Fsp3) is 0.400. The van der Waals surface area contributed by atoms with Crippen molar-refractivity contribution in [3.05, 3.63) is 60.4 Å². The van der Waals surface area contributed by atoms with Gasteiger partial charge in [0.2, 0.25) is 0 Å². The fourth-order valence-corrected chi connectivity index (χ4v) is 6.04. The molecule has 2 aromatic heterocycles. The number of carbonyl (C=O) groups excluding carboxylic acids is 4. The summed E-state index contributed by atoms with van der Waals surface area (Å²) in [6, 6.07) is 10.6. The van der Waals surface area contributed by atoms with E-state index in [0.717, 1.165) is 10.5 Å². The third-order valence-corrected chi connectivity index (χ3v) is 8.06. The van der Waals surface area contributed by atoms with Gasteiger partial charge in [-0.25, -0.2) is 14.1 Å². The Labute approximate surface area is 247 Å². The molecule has 0 aliphatic carbocycles. The number of carboxylic acid groups (broad SMARTS) is 1. The molecule has 5 rings (SSSR count). The van der Waals surface area contributed by atoms with E-state index in [4.69, 9.17) is 9.47 Å². The molecular weight excluding hydrogens is 558 g/mol. The Morgan fingerprint density at radius 1 is 1.05 bits per heavy atom. The molecule has 0 radical (unpaired) electrons. The number of hydrogen-bond acceptors (Lipinski definition) is 8. The van der Waals surface area contributed by atoms with Gasteiger partial charge in [0.1, 0.15) is 18.2 Å². The van der Waals surface area contributed by atoms with E-state index in [2.05, 4.69) is 10.3 Å². The van der Waals surface area contributed by atoms with Crippen molar-refractivity contribution in [3.8, 4) is 0 Å². The highest BCUT2D eigenvalue weighted by molar-refractivity contribution is 6.06. The summed E-state index contributed by atoms with van der Waals surface area (Å²) in [5.74, 6) is -1.61. The van der Waals surface area contributed by atoms with Gasteiger partial charge in [-0.1, -0.05) is 30.3 Å². The van der Waals surface area contributed by atoms with E-state index >= 15 is 0 Å². The zero-order valence-corrected chi connectivity index (χ0v) is 23.8. The number of carbonyl (C=O) groups is 5. The Bertz CT molecular complexity index is 1540. The molecule has 4 heterocycles. The molecule has 3 unspecified atom stereocenters. The average Bonchev–Trinajstić information content (AvgIpc) is 3.74. The highest BCUT2D eigenvalue weighted by Crippen LogP contribution is 2.32. The molecule has 0 bridgehead atoms. The zero-order valence-electron chi connectivity index (χ0n) is 23.8. The van der Waals surface area contributed by atoms with Crippen LogP contribution in [0.4, 0.5) is 15.3 Å². The van der Waals surface area contributed by atoms with Gasteiger partial charge in [-0.2, -0.15) is 4.79 Å². The van der Waals surface area contributed by atoms with E-state index in [9.17, 15) is 29.1 Å². The van der Waals surface area contributed by atoms with Gasteiger partial charge < -0.3 is 19.9 Å². The predicted octanol–water partition coefficient (Wildman–Crippen LogP) is 3.64. The first kappa shape index (κ1) is 29.7. The summed E-state index contributed by atoms with van der Waals surface area (Å²) in [4.78, 5) is 70.9. The molecule has 226 valence electrons. The highest BCUT2D eigenvalue weighted by atomic mass is 16.6. The normalized spacial score (nSPS) is 21.5. The maximum absolute atomic E-state index is 13.9. The Balaban J connectivity index is 1.42. The van der Waals surface area contributed by atoms with E-state index in [1.165, 1.54) is 17.0 Å². The maximum atomic E-state index is 13.9. The minimum absolute atomic E-state index is 0.0229. The number of ether oxygens (including phenoxy) is 2. The number of amides is 3. The fourth-order valence-electron chi connectivity index (χ4n) is 6.04. The SMILES string of the molecule is CCOC(=O)C[N+]1(C(=O)OCc2ccccc2)CCCC1C(=O)Nc1cn(C(=O)C2CCCN2C(=O)O)c2cccnc12. The van der Waals surface area contributed by atoms with E-state index in [1.54, 1.807) is 19.1 Å². The molecular formula is C30H34N5O8+. The molecule has 0 spiro atoms. The monoisotopic (exact) mass is 592 g/mol. The van der Waals surface area contributed by atoms with Crippen LogP contribution in [0, 0.1) is 0 Å². The first-order chi connectivity index (χ1) is 20.7. The molecule has 2 saturated heterocycles. The molecule has 2 N–H and O–H groups in total. The molecule has 2 aliphatic heterocycles. The summed E-state index contributed by atoms with van der Waals surface area (Å²) >= 11 is 0. The van der Waals surface area contributed by atoms with Crippen molar-refractivity contribution >= 4 is 46.7 Å². The lowest BCUT2D eigenvalue weighted by Gasteiger charge is -2.33. The zero-order chi connectivity index (χ0) is 30.6. The van der Waals surface area contributed by atoms with Gasteiger partial charge in [-0.3, -0.25) is 24.0 Å². The van der Waals surface area contributed by atoms with Crippen molar-refractivity contribution in [2.75, 3.05) is 31.6 Å². The number of quaternary nitrogens is 1. The van der Waals surface area contributed by atoms with Crippen molar-refractivity contribution in [2.45, 2.75) is 51.3 Å². The lowest BCUT2D eigenvalue weighted by Crippen LogP contribution is -2.62. The number of fused-ring (bicyclic) bond motifs is 1. The standard InChI is InChI=1S/C30H33N5O8/c1-2-42-25(36)18-35(30(41)43-19-20-9-4-3-5-10-20)16-8-13-24(35)27(37)32-21-17-34(22-11-6-14-31-26(21)22)28(38)23-12-7-15-33(23)29(39)40/h3-6,9-11,14,17,23-24H,2,7-8,12-13,15-16,18-19H2,1H3,(H-,32,37,39,40)/p+1. The number of pyridine rings is 1. The van der Waals surface area contributed by atoms with Gasteiger partial charge in [0.15, 0.2) is 12.6 Å². The third kappa shape index (κ3) is 5.93. The van der Waals surface area contributed by atoms with E-state index in [0.29, 0.717) is 36.7 Å². The molecule has 43 heavy (non-hydrogen) atoms. The van der Waals surface area contributed by atoms with Crippen molar-refractivity contribution in [1.29, 1.82) is 0 Å². The van der Waals surface area contributed by atoms with E-state index in [1.807, 2.05) is 30.3 Å². The third-order valence-electron chi connectivity index (χ3n) is 8.06. The number of rotatable bonds is 8. The smallest absolute Gasteiger partial charge is 0.465 e. The summed E-state index contributed by atoms with van der Waals surface area (Å²) in [6.07, 6.45) is 2.81. The van der Waals surface area contributed by atoms with Gasteiger partial charge in [0, 0.05) is 31.8 Å². The van der Waals surface area contributed by atoms with Gasteiger partial charge in [-0.15, -0.1) is 0 Å². The number of anilines is 1. The van der Waals surface area contributed by atoms with Crippen LogP contribution in [0.15, 0.2) is 54.9 Å². The largest absolute Gasteiger partial charge is 0.517 e. The molecule has 1 aromatic carbocycles. The molecule has 13 heteroatoms. The number of benzene rings is 1. The number of nitrogens with zero attached hydrogens (tertiary/aromatic N) is 4. The van der Waals surface area contributed by atoms with Crippen LogP contribution in [0.3, 0.4) is 0 Å². The Morgan fingerprint density at radius 3 is 2.58 bits per heavy atom. The Morgan fingerprint density at radius 2 is 1.84 bits per heavy atom. The molecule has 2 aliphatic rings. The summed E-state index contributed by atoms with van der Waals surface area (Å²) in [7, 11) is 0. The van der Waals surface area contributed by atoms with Gasteiger partial charge in [0.05, 0.1) is 24.4 Å². The second-order valence-electron chi connectivity index (χ2n) is 10.7. The second kappa shape index (κ2) is 12.6. The molecule has 3 amide bonds. The minimum atomic E-state index is -1.17. The number of nitrogens with one attached hydrogen (secondary N) is 1. The van der Waals surface area contributed by atoms with Gasteiger partial charge in [0.25, 0.3) is 11.8 Å². The van der Waals surface area contributed by atoms with E-state index < -0.39 is 46.5 Å². The summed E-state index contributed by atoms with van der Waals surface area (Å²) in [6.45, 7) is 1.85. The van der Waals surface area contributed by atoms with Crippen LogP contribution in [0.2, 0.25) is 0 Å². The summed E-state index contributed by atoms with van der Waals surface area (Å²) in [5.41, 5.74) is 1.73. The minimum Gasteiger partial charge on any atom is -0.465 e. The molecule has 3 atom stereocenters. The van der Waals surface area contributed by atoms with Crippen LogP contribution < -0.4 is 5.32 Å². The molecule has 0 saturated carbocycles. The van der Waals surface area contributed by atoms with Gasteiger partial charge in [-0.05, 0) is 37.5 Å². The quantitative estimate of drug-likeness (QED) is 0.294. The van der Waals surface area contributed by atoms with Crippen LogP contribution >= 0.6 is 0 Å². The van der Waals surface area contributed by atoms with E-state index in [-0.39, 0.29) is 38.5 Å². The van der Waals surface area contributed by atoms with Crippen LogP contribution in [0.25, 0.3) is 11.0 Å². The number of aromatic nitrogens is 2. The topological polar surface area (TPSA) is 157 Å². The van der Waals surface area contributed by atoms with Crippen molar-refractivity contribution < 1.29 is 43.0 Å². The number of likely N-dealkylation sites (tertiary alicyclic amines) is 2. The van der Waals surface area contributed by atoms with Crippen molar-refractivity contribution in [1.82, 2.24) is 14.5 Å².